The molecule has 0 aliphatic carbocycles. The molecule has 1 aromatic heterocycles. The third-order valence-corrected chi connectivity index (χ3v) is 3.20. The zero-order chi connectivity index (χ0) is 13.8. The number of halogens is 1. The molecule has 1 heterocycles. The maximum absolute atomic E-state index is 9.03. The van der Waals surface area contributed by atoms with Gasteiger partial charge in [0.2, 0.25) is 0 Å². The van der Waals surface area contributed by atoms with Gasteiger partial charge >= 0.3 is 0 Å². The second kappa shape index (κ2) is 5.99. The first kappa shape index (κ1) is 13.8. The Kier molecular flexibility index (Phi) is 4.35. The summed E-state index contributed by atoms with van der Waals surface area (Å²) in [6, 6.07) is 7.77. The average Bonchev–Trinajstić information content (AvgIpc) is 2.43. The number of hydrogen-bond donors (Lipinski definition) is 1. The smallest absolute Gasteiger partial charge is 0.155 e. The minimum Gasteiger partial charge on any atom is -0.497 e. The van der Waals surface area contributed by atoms with Crippen LogP contribution in [0.4, 0.5) is 0 Å². The minimum atomic E-state index is -0.205. The van der Waals surface area contributed by atoms with Gasteiger partial charge in [0.05, 0.1) is 7.11 Å². The lowest BCUT2D eigenvalue weighted by Gasteiger charge is -2.09. The van der Waals surface area contributed by atoms with Gasteiger partial charge in [-0.15, -0.1) is 0 Å². The Hall–Kier alpha value is -1.65. The number of aryl methyl sites for hydroxylation is 1. The highest BCUT2D eigenvalue weighted by Crippen LogP contribution is 2.21. The van der Waals surface area contributed by atoms with Crippen LogP contribution in [0.15, 0.2) is 24.3 Å². The van der Waals surface area contributed by atoms with Gasteiger partial charge in [0.1, 0.15) is 17.5 Å². The molecule has 0 aliphatic heterocycles. The van der Waals surface area contributed by atoms with E-state index in [0.29, 0.717) is 17.4 Å². The van der Waals surface area contributed by atoms with Gasteiger partial charge in [-0.1, -0.05) is 23.7 Å². The molecule has 4 nitrogen and oxygen atoms in total. The van der Waals surface area contributed by atoms with Crippen molar-refractivity contribution in [3.8, 4) is 5.75 Å². The van der Waals surface area contributed by atoms with E-state index in [2.05, 4.69) is 9.97 Å². The quantitative estimate of drug-likeness (QED) is 0.873. The number of hydrogen-bond acceptors (Lipinski definition) is 4. The number of methoxy groups -OCH3 is 1. The summed E-state index contributed by atoms with van der Waals surface area (Å²) >= 11 is 6.13. The molecule has 0 fully saturated rings. The monoisotopic (exact) mass is 278 g/mol. The minimum absolute atomic E-state index is 0.205. The van der Waals surface area contributed by atoms with E-state index in [9.17, 15) is 0 Å². The molecule has 0 spiro atoms. The summed E-state index contributed by atoms with van der Waals surface area (Å²) in [5.41, 5.74) is 2.77. The number of nitrogens with zero attached hydrogens (tertiary/aromatic N) is 2. The van der Waals surface area contributed by atoms with E-state index in [1.165, 1.54) is 0 Å². The van der Waals surface area contributed by atoms with Crippen LogP contribution in [0.2, 0.25) is 5.15 Å². The number of rotatable bonds is 4. The van der Waals surface area contributed by atoms with E-state index < -0.39 is 0 Å². The maximum atomic E-state index is 9.03. The fraction of sp³-hybridized carbons (Fsp3) is 0.286. The van der Waals surface area contributed by atoms with Gasteiger partial charge in [0.25, 0.3) is 0 Å². The fourth-order valence-corrected chi connectivity index (χ4v) is 2.14. The second-order valence-corrected chi connectivity index (χ2v) is 4.54. The highest BCUT2D eigenvalue weighted by molar-refractivity contribution is 6.30. The highest BCUT2D eigenvalue weighted by atomic mass is 35.5. The van der Waals surface area contributed by atoms with Crippen LogP contribution in [-0.2, 0) is 13.0 Å². The van der Waals surface area contributed by atoms with E-state index in [1.807, 2.05) is 31.2 Å². The number of aromatic nitrogens is 2. The first-order chi connectivity index (χ1) is 9.13. The molecular formula is C14H15ClN2O2. The molecule has 0 aliphatic rings. The normalized spacial score (nSPS) is 10.5. The van der Waals surface area contributed by atoms with Crippen molar-refractivity contribution in [2.75, 3.05) is 7.11 Å². The van der Waals surface area contributed by atoms with Crippen LogP contribution in [0.3, 0.4) is 0 Å². The standard InChI is InChI=1S/C14H15ClN2O2/c1-9-12(14(15)17-13(8-18)16-9)7-10-3-5-11(19-2)6-4-10/h3-6,18H,7-8H2,1-2H3. The van der Waals surface area contributed by atoms with Crippen molar-refractivity contribution in [3.63, 3.8) is 0 Å². The summed E-state index contributed by atoms with van der Waals surface area (Å²) in [7, 11) is 1.64. The van der Waals surface area contributed by atoms with Crippen molar-refractivity contribution in [2.24, 2.45) is 0 Å². The Balaban J connectivity index is 2.27. The molecule has 0 bridgehead atoms. The van der Waals surface area contributed by atoms with Crippen LogP contribution in [0.1, 0.15) is 22.6 Å². The average molecular weight is 279 g/mol. The lowest BCUT2D eigenvalue weighted by Crippen LogP contribution is -2.03. The molecule has 0 radical (unpaired) electrons. The molecule has 1 aromatic carbocycles. The van der Waals surface area contributed by atoms with E-state index in [0.717, 1.165) is 22.6 Å². The topological polar surface area (TPSA) is 55.2 Å². The fourth-order valence-electron chi connectivity index (χ4n) is 1.84. The van der Waals surface area contributed by atoms with E-state index >= 15 is 0 Å². The number of ether oxygens (including phenoxy) is 1. The summed E-state index contributed by atoms with van der Waals surface area (Å²) in [5.74, 6) is 1.17. The molecule has 5 heteroatoms. The van der Waals surface area contributed by atoms with E-state index in [-0.39, 0.29) is 6.61 Å². The van der Waals surface area contributed by atoms with Crippen LogP contribution in [0, 0.1) is 6.92 Å². The van der Waals surface area contributed by atoms with Crippen LogP contribution in [-0.4, -0.2) is 22.2 Å². The summed E-state index contributed by atoms with van der Waals surface area (Å²) in [6.07, 6.45) is 0.653. The zero-order valence-corrected chi connectivity index (χ0v) is 11.6. The molecule has 0 saturated carbocycles. The van der Waals surface area contributed by atoms with Gasteiger partial charge in [-0.25, -0.2) is 9.97 Å². The predicted octanol–water partition coefficient (Wildman–Crippen LogP) is 2.53. The lowest BCUT2D eigenvalue weighted by atomic mass is 10.1. The van der Waals surface area contributed by atoms with Crippen LogP contribution in [0.25, 0.3) is 0 Å². The molecule has 2 aromatic rings. The Bertz CT molecular complexity index is 547. The summed E-state index contributed by atoms with van der Waals surface area (Å²) in [6.45, 7) is 1.66. The third-order valence-electron chi connectivity index (χ3n) is 2.89. The van der Waals surface area contributed by atoms with Crippen LogP contribution in [0.5, 0.6) is 5.75 Å². The maximum Gasteiger partial charge on any atom is 0.155 e. The molecule has 100 valence electrons. The Morgan fingerprint density at radius 3 is 2.42 bits per heavy atom. The Morgan fingerprint density at radius 2 is 1.89 bits per heavy atom. The predicted molar refractivity (Wildman–Crippen MR) is 73.5 cm³/mol. The SMILES string of the molecule is COc1ccc(Cc2c(C)nc(CO)nc2Cl)cc1. The lowest BCUT2D eigenvalue weighted by molar-refractivity contribution is 0.271. The Labute approximate surface area is 117 Å². The largest absolute Gasteiger partial charge is 0.497 e. The second-order valence-electron chi connectivity index (χ2n) is 4.18. The molecule has 1 N–H and O–H groups in total. The number of aliphatic hydroxyl groups excluding tert-OH is 1. The van der Waals surface area contributed by atoms with Crippen molar-refractivity contribution < 1.29 is 9.84 Å². The summed E-state index contributed by atoms with van der Waals surface area (Å²) < 4.78 is 5.12. The molecular weight excluding hydrogens is 264 g/mol. The summed E-state index contributed by atoms with van der Waals surface area (Å²) in [4.78, 5) is 8.27. The van der Waals surface area contributed by atoms with E-state index in [4.69, 9.17) is 21.4 Å². The van der Waals surface area contributed by atoms with Gasteiger partial charge in [0, 0.05) is 17.7 Å². The van der Waals surface area contributed by atoms with Crippen molar-refractivity contribution in [3.05, 3.63) is 52.1 Å². The first-order valence-electron chi connectivity index (χ1n) is 5.89. The molecule has 0 amide bonds. The summed E-state index contributed by atoms with van der Waals surface area (Å²) in [5, 5.41) is 9.42. The van der Waals surface area contributed by atoms with Gasteiger partial charge in [-0.3, -0.25) is 0 Å². The van der Waals surface area contributed by atoms with Crippen molar-refractivity contribution >= 4 is 11.6 Å². The van der Waals surface area contributed by atoms with Gasteiger partial charge in [-0.05, 0) is 24.6 Å². The third kappa shape index (κ3) is 3.22. The van der Waals surface area contributed by atoms with Crippen molar-refractivity contribution in [1.29, 1.82) is 0 Å². The van der Waals surface area contributed by atoms with Crippen LogP contribution >= 0.6 is 11.6 Å². The molecule has 19 heavy (non-hydrogen) atoms. The van der Waals surface area contributed by atoms with Crippen LogP contribution < -0.4 is 4.74 Å². The molecule has 0 atom stereocenters. The zero-order valence-electron chi connectivity index (χ0n) is 10.9. The van der Waals surface area contributed by atoms with E-state index in [1.54, 1.807) is 7.11 Å². The van der Waals surface area contributed by atoms with Gasteiger partial charge in [0.15, 0.2) is 5.82 Å². The number of benzene rings is 1. The first-order valence-corrected chi connectivity index (χ1v) is 6.27. The number of aliphatic hydroxyl groups is 1. The van der Waals surface area contributed by atoms with Gasteiger partial charge < -0.3 is 9.84 Å². The Morgan fingerprint density at radius 1 is 1.21 bits per heavy atom. The van der Waals surface area contributed by atoms with Crippen molar-refractivity contribution in [1.82, 2.24) is 9.97 Å². The molecule has 0 saturated heterocycles. The molecule has 0 unspecified atom stereocenters. The highest BCUT2D eigenvalue weighted by Gasteiger charge is 2.10. The van der Waals surface area contributed by atoms with Crippen molar-refractivity contribution in [2.45, 2.75) is 20.0 Å². The van der Waals surface area contributed by atoms with Gasteiger partial charge in [-0.2, -0.15) is 0 Å². The molecule has 2 rings (SSSR count).